The molecule has 1 heterocycles. The van der Waals surface area contributed by atoms with Crippen LogP contribution in [-0.2, 0) is 20.0 Å². The van der Waals surface area contributed by atoms with E-state index in [1.807, 2.05) is 6.92 Å². The van der Waals surface area contributed by atoms with Crippen LogP contribution in [-0.4, -0.2) is 27.6 Å². The van der Waals surface area contributed by atoms with Gasteiger partial charge < -0.3 is 8.60 Å². The Morgan fingerprint density at radius 2 is 1.59 bits per heavy atom. The molecule has 9 heteroatoms. The minimum Gasteiger partial charge on any atom is -0.436 e. The van der Waals surface area contributed by atoms with Crippen LogP contribution in [0, 0.1) is 13.8 Å². The number of aromatic nitrogens is 1. The van der Waals surface area contributed by atoms with Crippen molar-refractivity contribution in [2.75, 3.05) is 5.75 Å². The fourth-order valence-corrected chi connectivity index (χ4v) is 5.08. The summed E-state index contributed by atoms with van der Waals surface area (Å²) in [4.78, 5) is 4.58. The number of sulfone groups is 1. The molecule has 0 radical (unpaired) electrons. The molecule has 4 aromatic rings. The van der Waals surface area contributed by atoms with Gasteiger partial charge in [-0.15, -0.1) is 0 Å². The van der Waals surface area contributed by atoms with Gasteiger partial charge in [-0.05, 0) is 55.8 Å². The van der Waals surface area contributed by atoms with Crippen molar-refractivity contribution in [3.8, 4) is 17.2 Å². The topological polar surface area (TPSA) is 104 Å². The lowest BCUT2D eigenvalue weighted by atomic mass is 10.1. The fourth-order valence-electron chi connectivity index (χ4n) is 3.18. The highest BCUT2D eigenvalue weighted by atomic mass is 32.2. The van der Waals surface area contributed by atoms with Crippen LogP contribution in [0.4, 0.5) is 0 Å². The van der Waals surface area contributed by atoms with Gasteiger partial charge in [0.1, 0.15) is 10.4 Å². The molecule has 0 aliphatic rings. The van der Waals surface area contributed by atoms with Crippen LogP contribution in [0.25, 0.3) is 22.6 Å². The zero-order chi connectivity index (χ0) is 23.1. The van der Waals surface area contributed by atoms with Gasteiger partial charge in [-0.1, -0.05) is 36.8 Å². The number of aryl methyl sites for hydroxylation is 2. The van der Waals surface area contributed by atoms with E-state index in [9.17, 15) is 16.8 Å². The first-order valence-electron chi connectivity index (χ1n) is 9.85. The summed E-state index contributed by atoms with van der Waals surface area (Å²) in [7, 11) is -7.49. The van der Waals surface area contributed by atoms with Crippen LogP contribution in [0.3, 0.4) is 0 Å². The summed E-state index contributed by atoms with van der Waals surface area (Å²) in [5.41, 5.74) is 2.58. The predicted octanol–water partition coefficient (Wildman–Crippen LogP) is 4.67. The van der Waals surface area contributed by atoms with Gasteiger partial charge >= 0.3 is 10.1 Å². The zero-order valence-corrected chi connectivity index (χ0v) is 19.3. The summed E-state index contributed by atoms with van der Waals surface area (Å²) in [6.45, 7) is 5.15. The molecule has 0 spiro atoms. The maximum Gasteiger partial charge on any atom is 0.339 e. The molecule has 0 amide bonds. The number of rotatable bonds is 6. The molecule has 0 N–H and O–H groups in total. The molecule has 0 saturated heterocycles. The number of benzene rings is 3. The Kier molecular flexibility index (Phi) is 5.56. The third-order valence-electron chi connectivity index (χ3n) is 5.04. The van der Waals surface area contributed by atoms with Gasteiger partial charge in [0, 0.05) is 0 Å². The Morgan fingerprint density at radius 3 is 2.28 bits per heavy atom. The van der Waals surface area contributed by atoms with Crippen molar-refractivity contribution in [1.29, 1.82) is 0 Å². The van der Waals surface area contributed by atoms with E-state index in [2.05, 4.69) is 4.98 Å². The second-order valence-corrected chi connectivity index (χ2v) is 11.2. The Morgan fingerprint density at radius 1 is 0.906 bits per heavy atom. The van der Waals surface area contributed by atoms with Gasteiger partial charge in [-0.3, -0.25) is 0 Å². The first kappa shape index (κ1) is 22.0. The molecule has 0 unspecified atom stereocenters. The normalized spacial score (nSPS) is 12.2. The number of para-hydroxylation sites is 1. The van der Waals surface area contributed by atoms with E-state index >= 15 is 0 Å². The largest absolute Gasteiger partial charge is 0.436 e. The maximum absolute atomic E-state index is 12.9. The summed E-state index contributed by atoms with van der Waals surface area (Å²) < 4.78 is 61.4. The average molecular weight is 472 g/mol. The molecule has 32 heavy (non-hydrogen) atoms. The lowest BCUT2D eigenvalue weighted by Crippen LogP contribution is -2.11. The molecule has 166 valence electrons. The number of nitrogens with zero attached hydrogens (tertiary/aromatic N) is 1. The molecule has 4 rings (SSSR count). The molecule has 0 fully saturated rings. The van der Waals surface area contributed by atoms with E-state index < -0.39 is 20.0 Å². The van der Waals surface area contributed by atoms with E-state index in [1.165, 1.54) is 30.3 Å². The predicted molar refractivity (Wildman–Crippen MR) is 121 cm³/mol. The Bertz CT molecular complexity index is 1520. The van der Waals surface area contributed by atoms with Crippen molar-refractivity contribution in [3.63, 3.8) is 0 Å². The Balaban J connectivity index is 1.79. The zero-order valence-electron chi connectivity index (χ0n) is 17.7. The molecule has 1 aromatic heterocycles. The molecular weight excluding hydrogens is 450 g/mol. The van der Waals surface area contributed by atoms with Gasteiger partial charge in [0.25, 0.3) is 0 Å². The third kappa shape index (κ3) is 4.13. The second-order valence-electron chi connectivity index (χ2n) is 7.35. The van der Waals surface area contributed by atoms with Gasteiger partial charge in [-0.25, -0.2) is 13.4 Å². The molecule has 0 aliphatic heterocycles. The lowest BCUT2D eigenvalue weighted by molar-refractivity contribution is 0.483. The SMILES string of the molecule is CCS(=O)(=O)c1ccc2oc(-c3cccc(C)c3OS(=O)(=O)c3ccc(C)cc3)nc2c1. The van der Waals surface area contributed by atoms with Crippen molar-refractivity contribution < 1.29 is 25.4 Å². The van der Waals surface area contributed by atoms with Crippen LogP contribution in [0.1, 0.15) is 18.1 Å². The molecule has 7 nitrogen and oxygen atoms in total. The molecule has 3 aromatic carbocycles. The van der Waals surface area contributed by atoms with Crippen LogP contribution in [0.5, 0.6) is 5.75 Å². The smallest absolute Gasteiger partial charge is 0.339 e. The lowest BCUT2D eigenvalue weighted by Gasteiger charge is -2.12. The summed E-state index contributed by atoms with van der Waals surface area (Å²) >= 11 is 0. The number of hydrogen-bond donors (Lipinski definition) is 0. The number of fused-ring (bicyclic) bond motifs is 1. The van der Waals surface area contributed by atoms with Crippen LogP contribution in [0.15, 0.2) is 74.9 Å². The monoisotopic (exact) mass is 471 g/mol. The van der Waals surface area contributed by atoms with E-state index in [-0.39, 0.29) is 27.2 Å². The van der Waals surface area contributed by atoms with Gasteiger partial charge in [0.2, 0.25) is 5.89 Å². The van der Waals surface area contributed by atoms with Crippen molar-refractivity contribution in [2.24, 2.45) is 0 Å². The van der Waals surface area contributed by atoms with Crippen molar-refractivity contribution >= 4 is 31.1 Å². The second kappa shape index (κ2) is 8.07. The highest BCUT2D eigenvalue weighted by Crippen LogP contribution is 2.36. The molecule has 0 saturated carbocycles. The van der Waals surface area contributed by atoms with E-state index in [1.54, 1.807) is 44.2 Å². The minimum absolute atomic E-state index is 0.0317. The van der Waals surface area contributed by atoms with Crippen LogP contribution >= 0.6 is 0 Å². The molecule has 0 atom stereocenters. The first-order chi connectivity index (χ1) is 15.1. The highest BCUT2D eigenvalue weighted by Gasteiger charge is 2.23. The summed E-state index contributed by atoms with van der Waals surface area (Å²) in [5, 5.41) is 0. The molecule has 0 bridgehead atoms. The van der Waals surface area contributed by atoms with Gasteiger partial charge in [-0.2, -0.15) is 8.42 Å². The van der Waals surface area contributed by atoms with E-state index in [4.69, 9.17) is 8.60 Å². The van der Waals surface area contributed by atoms with E-state index in [0.29, 0.717) is 22.2 Å². The summed E-state index contributed by atoms with van der Waals surface area (Å²) in [6.07, 6.45) is 0. The average Bonchev–Trinajstić information content (AvgIpc) is 3.18. The number of oxazole rings is 1. The molecular formula is C23H21NO6S2. The summed E-state index contributed by atoms with van der Waals surface area (Å²) in [6, 6.07) is 15.9. The summed E-state index contributed by atoms with van der Waals surface area (Å²) in [5.74, 6) is 0.195. The Hall–Kier alpha value is -3.17. The molecule has 0 aliphatic carbocycles. The van der Waals surface area contributed by atoms with Crippen molar-refractivity contribution in [3.05, 3.63) is 71.8 Å². The third-order valence-corrected chi connectivity index (χ3v) is 8.01. The first-order valence-corrected chi connectivity index (χ1v) is 12.9. The minimum atomic E-state index is -4.09. The van der Waals surface area contributed by atoms with E-state index in [0.717, 1.165) is 5.56 Å². The fraction of sp³-hybridized carbons (Fsp3) is 0.174. The number of hydrogen-bond acceptors (Lipinski definition) is 7. The van der Waals surface area contributed by atoms with Crippen molar-refractivity contribution in [2.45, 2.75) is 30.6 Å². The van der Waals surface area contributed by atoms with Crippen LogP contribution in [0.2, 0.25) is 0 Å². The Labute approximate surface area is 186 Å². The van der Waals surface area contributed by atoms with Crippen LogP contribution < -0.4 is 4.18 Å². The van der Waals surface area contributed by atoms with Crippen molar-refractivity contribution in [1.82, 2.24) is 4.98 Å². The van der Waals surface area contributed by atoms with Gasteiger partial charge in [0.05, 0.1) is 16.2 Å². The quantitative estimate of drug-likeness (QED) is 0.376. The highest BCUT2D eigenvalue weighted by molar-refractivity contribution is 7.91. The maximum atomic E-state index is 12.9. The standard InChI is InChI=1S/C23H21NO6S2/c1-4-31(25,26)18-12-13-21-20(14-18)24-23(29-21)19-7-5-6-16(3)22(19)30-32(27,28)17-10-8-15(2)9-11-17/h5-14H,4H2,1-3H3. The van der Waals surface area contributed by atoms with Gasteiger partial charge in [0.15, 0.2) is 21.2 Å².